The maximum absolute atomic E-state index is 13.2. The van der Waals surface area contributed by atoms with Crippen LogP contribution in [0.4, 0.5) is 43.8 Å². The van der Waals surface area contributed by atoms with Gasteiger partial charge in [0, 0.05) is 25.0 Å². The van der Waals surface area contributed by atoms with Gasteiger partial charge in [-0.1, -0.05) is 0 Å². The summed E-state index contributed by atoms with van der Waals surface area (Å²) in [6.07, 6.45) is -8.36. The lowest BCUT2D eigenvalue weighted by Crippen LogP contribution is -2.37. The third kappa shape index (κ3) is 4.87. The SMILES string of the molecule is O=c1[nH]ccc2nc(N3CCC(O)CC3)nc(Nc3cc(C(F)(F)F)cc(C(F)(F)F)c3)c12. The highest BCUT2D eigenvalue weighted by atomic mass is 19.4. The molecule has 0 bridgehead atoms. The fourth-order valence-electron chi connectivity index (χ4n) is 3.54. The van der Waals surface area contributed by atoms with E-state index in [4.69, 9.17) is 0 Å². The molecule has 4 rings (SSSR count). The summed E-state index contributed by atoms with van der Waals surface area (Å²) in [5.41, 5.74) is -4.06. The Morgan fingerprint density at radius 2 is 1.61 bits per heavy atom. The van der Waals surface area contributed by atoms with E-state index in [1.165, 1.54) is 12.3 Å². The van der Waals surface area contributed by atoms with Gasteiger partial charge in [0.1, 0.15) is 11.2 Å². The summed E-state index contributed by atoms with van der Waals surface area (Å²) >= 11 is 0. The van der Waals surface area contributed by atoms with Crippen LogP contribution in [-0.4, -0.2) is 39.3 Å². The van der Waals surface area contributed by atoms with Gasteiger partial charge in [0.15, 0.2) is 0 Å². The van der Waals surface area contributed by atoms with Gasteiger partial charge in [-0.15, -0.1) is 0 Å². The Labute approximate surface area is 182 Å². The van der Waals surface area contributed by atoms with Crippen LogP contribution in [0.3, 0.4) is 0 Å². The first-order chi connectivity index (χ1) is 15.4. The molecule has 0 spiro atoms. The van der Waals surface area contributed by atoms with E-state index in [0.717, 1.165) is 0 Å². The number of fused-ring (bicyclic) bond motifs is 1. The van der Waals surface area contributed by atoms with E-state index in [0.29, 0.717) is 38.1 Å². The minimum Gasteiger partial charge on any atom is -0.393 e. The van der Waals surface area contributed by atoms with Crippen molar-refractivity contribution < 1.29 is 31.4 Å². The molecule has 1 aromatic carbocycles. The predicted octanol–water partition coefficient (Wildman–Crippen LogP) is 4.06. The third-order valence-electron chi connectivity index (χ3n) is 5.21. The Hall–Kier alpha value is -3.35. The van der Waals surface area contributed by atoms with E-state index in [1.807, 2.05) is 0 Å². The van der Waals surface area contributed by atoms with Gasteiger partial charge in [-0.3, -0.25) is 4.79 Å². The number of aromatic amines is 1. The topological polar surface area (TPSA) is 94.1 Å². The second-order valence-electron chi connectivity index (χ2n) is 7.58. The first-order valence-electron chi connectivity index (χ1n) is 9.81. The number of aromatic nitrogens is 3. The van der Waals surface area contributed by atoms with Crippen LogP contribution in [0.15, 0.2) is 35.3 Å². The van der Waals surface area contributed by atoms with Crippen LogP contribution in [0.25, 0.3) is 10.9 Å². The van der Waals surface area contributed by atoms with Gasteiger partial charge in [-0.25, -0.2) is 4.98 Å². The van der Waals surface area contributed by atoms with E-state index < -0.39 is 40.8 Å². The number of hydrogen-bond acceptors (Lipinski definition) is 6. The standard InChI is InChI=1S/C20H17F6N5O2/c21-19(22,23)10-7-11(20(24,25)26)9-12(8-10)28-16-15-14(1-4-27-17(15)33)29-18(30-16)31-5-2-13(32)3-6-31/h1,4,7-9,13,32H,2-3,5-6H2,(H,27,33)(H,28,29,30). The average molecular weight is 473 g/mol. The van der Waals surface area contributed by atoms with Crippen molar-refractivity contribution in [2.45, 2.75) is 31.3 Å². The summed E-state index contributed by atoms with van der Waals surface area (Å²) in [6.45, 7) is 0.772. The molecule has 0 aliphatic carbocycles. The Morgan fingerprint density at radius 1 is 1.00 bits per heavy atom. The van der Waals surface area contributed by atoms with E-state index in [1.54, 1.807) is 4.90 Å². The lowest BCUT2D eigenvalue weighted by molar-refractivity contribution is -0.143. The second-order valence-corrected chi connectivity index (χ2v) is 7.58. The van der Waals surface area contributed by atoms with E-state index in [2.05, 4.69) is 20.3 Å². The van der Waals surface area contributed by atoms with Gasteiger partial charge < -0.3 is 20.3 Å². The van der Waals surface area contributed by atoms with Crippen LogP contribution >= 0.6 is 0 Å². The number of aliphatic hydroxyl groups excluding tert-OH is 1. The summed E-state index contributed by atoms with van der Waals surface area (Å²) in [5.74, 6) is -0.110. The zero-order valence-electron chi connectivity index (χ0n) is 16.8. The number of nitrogens with zero attached hydrogens (tertiary/aromatic N) is 3. The highest BCUT2D eigenvalue weighted by Gasteiger charge is 2.37. The van der Waals surface area contributed by atoms with Crippen molar-refractivity contribution in [2.24, 2.45) is 0 Å². The zero-order valence-corrected chi connectivity index (χ0v) is 16.8. The predicted molar refractivity (Wildman–Crippen MR) is 107 cm³/mol. The molecule has 1 aliphatic heterocycles. The Morgan fingerprint density at radius 3 is 2.18 bits per heavy atom. The number of aliphatic hydroxyl groups is 1. The third-order valence-corrected chi connectivity index (χ3v) is 5.21. The number of halogens is 6. The molecule has 0 amide bonds. The highest BCUT2D eigenvalue weighted by molar-refractivity contribution is 5.91. The molecule has 0 unspecified atom stereocenters. The van der Waals surface area contributed by atoms with Crippen molar-refractivity contribution in [3.63, 3.8) is 0 Å². The Bertz CT molecular complexity index is 1200. The van der Waals surface area contributed by atoms with E-state index in [9.17, 15) is 36.2 Å². The van der Waals surface area contributed by atoms with Gasteiger partial charge in [0.05, 0.1) is 22.7 Å². The van der Waals surface area contributed by atoms with Crippen LogP contribution in [0.2, 0.25) is 0 Å². The molecule has 3 heterocycles. The number of pyridine rings is 1. The minimum absolute atomic E-state index is 0.0144. The molecular weight excluding hydrogens is 456 g/mol. The molecule has 13 heteroatoms. The zero-order chi connectivity index (χ0) is 24.0. The number of benzene rings is 1. The normalized spacial score (nSPS) is 15.8. The van der Waals surface area contributed by atoms with Crippen molar-refractivity contribution in [1.82, 2.24) is 15.0 Å². The molecule has 1 aliphatic rings. The smallest absolute Gasteiger partial charge is 0.393 e. The molecule has 3 N–H and O–H groups in total. The van der Waals surface area contributed by atoms with E-state index >= 15 is 0 Å². The average Bonchev–Trinajstić information content (AvgIpc) is 2.72. The molecule has 1 saturated heterocycles. The minimum atomic E-state index is -5.03. The lowest BCUT2D eigenvalue weighted by atomic mass is 10.1. The monoisotopic (exact) mass is 473 g/mol. The maximum Gasteiger partial charge on any atom is 0.416 e. The van der Waals surface area contributed by atoms with Gasteiger partial charge in [-0.2, -0.15) is 31.3 Å². The summed E-state index contributed by atoms with van der Waals surface area (Å²) in [7, 11) is 0. The first kappa shape index (κ1) is 22.8. The molecule has 0 atom stereocenters. The molecule has 0 radical (unpaired) electrons. The van der Waals surface area contributed by atoms with Crippen LogP contribution in [-0.2, 0) is 12.4 Å². The lowest BCUT2D eigenvalue weighted by Gasteiger charge is -2.30. The number of hydrogen-bond donors (Lipinski definition) is 3. The van der Waals surface area contributed by atoms with Crippen molar-refractivity contribution in [3.8, 4) is 0 Å². The molecule has 2 aromatic heterocycles. The van der Waals surface area contributed by atoms with Gasteiger partial charge in [0.25, 0.3) is 5.56 Å². The number of H-pyrrole nitrogens is 1. The summed E-state index contributed by atoms with van der Waals surface area (Å²) < 4.78 is 79.4. The number of alkyl halides is 6. The van der Waals surface area contributed by atoms with Gasteiger partial charge in [0.2, 0.25) is 5.95 Å². The number of piperidine rings is 1. The van der Waals surface area contributed by atoms with Crippen molar-refractivity contribution >= 4 is 28.4 Å². The van der Waals surface area contributed by atoms with Crippen LogP contribution < -0.4 is 15.8 Å². The number of nitrogens with one attached hydrogen (secondary N) is 2. The van der Waals surface area contributed by atoms with Gasteiger partial charge in [-0.05, 0) is 37.1 Å². The quantitative estimate of drug-likeness (QED) is 0.497. The van der Waals surface area contributed by atoms with Gasteiger partial charge >= 0.3 is 12.4 Å². The fourth-order valence-corrected chi connectivity index (χ4v) is 3.54. The molecule has 7 nitrogen and oxygen atoms in total. The Balaban J connectivity index is 1.83. The molecular formula is C20H17F6N5O2. The molecule has 0 saturated carbocycles. The Kier molecular flexibility index (Phi) is 5.68. The largest absolute Gasteiger partial charge is 0.416 e. The van der Waals surface area contributed by atoms with Crippen LogP contribution in [0, 0.1) is 0 Å². The van der Waals surface area contributed by atoms with Crippen molar-refractivity contribution in [1.29, 1.82) is 0 Å². The maximum atomic E-state index is 13.2. The summed E-state index contributed by atoms with van der Waals surface area (Å²) in [6, 6.07) is 2.48. The number of anilines is 3. The van der Waals surface area contributed by atoms with Crippen molar-refractivity contribution in [3.05, 3.63) is 51.9 Å². The van der Waals surface area contributed by atoms with Crippen molar-refractivity contribution in [2.75, 3.05) is 23.3 Å². The first-order valence-corrected chi connectivity index (χ1v) is 9.81. The molecule has 3 aromatic rings. The summed E-state index contributed by atoms with van der Waals surface area (Å²) in [5, 5.41) is 12.0. The molecule has 176 valence electrons. The highest BCUT2D eigenvalue weighted by Crippen LogP contribution is 2.38. The fraction of sp³-hybridized carbons (Fsp3) is 0.350. The number of rotatable bonds is 3. The molecule has 1 fully saturated rings. The van der Waals surface area contributed by atoms with Crippen LogP contribution in [0.5, 0.6) is 0 Å². The van der Waals surface area contributed by atoms with Crippen LogP contribution in [0.1, 0.15) is 24.0 Å². The molecule has 33 heavy (non-hydrogen) atoms. The van der Waals surface area contributed by atoms with E-state index in [-0.39, 0.29) is 28.7 Å². The second kappa shape index (κ2) is 8.21. The summed E-state index contributed by atoms with van der Waals surface area (Å²) in [4.78, 5) is 25.0.